The zero-order valence-electron chi connectivity index (χ0n) is 15.5. The summed E-state index contributed by atoms with van der Waals surface area (Å²) in [5, 5.41) is 3.11. The molecule has 1 heterocycles. The molecule has 3 N–H and O–H groups in total. The number of hydrogen-bond acceptors (Lipinski definition) is 4. The summed E-state index contributed by atoms with van der Waals surface area (Å²) in [7, 11) is 0. The van der Waals surface area contributed by atoms with Crippen LogP contribution in [-0.2, 0) is 11.3 Å². The van der Waals surface area contributed by atoms with Gasteiger partial charge in [0.05, 0.1) is 5.54 Å². The number of thioether (sulfide) groups is 1. The van der Waals surface area contributed by atoms with E-state index in [1.807, 2.05) is 23.9 Å². The van der Waals surface area contributed by atoms with E-state index in [1.165, 1.54) is 29.1 Å². The molecule has 0 atom stereocenters. The SMILES string of the molecule is Cc1c(CN2CCSCC2)cccc1NC(=O)C1(N)CCCCC1.Cl.Cl. The van der Waals surface area contributed by atoms with Crippen molar-refractivity contribution in [3.8, 4) is 0 Å². The van der Waals surface area contributed by atoms with Gasteiger partial charge in [-0.25, -0.2) is 0 Å². The van der Waals surface area contributed by atoms with Crippen molar-refractivity contribution >= 4 is 48.2 Å². The van der Waals surface area contributed by atoms with Crippen LogP contribution in [0.25, 0.3) is 0 Å². The number of anilines is 1. The van der Waals surface area contributed by atoms with Gasteiger partial charge < -0.3 is 11.1 Å². The molecular formula is C19H31Cl2N3OS. The fourth-order valence-corrected chi connectivity index (χ4v) is 4.63. The summed E-state index contributed by atoms with van der Waals surface area (Å²) in [5.74, 6) is 2.41. The molecule has 1 aliphatic carbocycles. The number of nitrogens with two attached hydrogens (primary N) is 1. The van der Waals surface area contributed by atoms with Gasteiger partial charge in [-0.2, -0.15) is 11.8 Å². The van der Waals surface area contributed by atoms with E-state index < -0.39 is 5.54 Å². The molecule has 7 heteroatoms. The minimum atomic E-state index is -0.690. The number of nitrogens with one attached hydrogen (secondary N) is 1. The number of halogens is 2. The van der Waals surface area contributed by atoms with E-state index in [4.69, 9.17) is 5.73 Å². The monoisotopic (exact) mass is 419 g/mol. The van der Waals surface area contributed by atoms with Crippen LogP contribution in [-0.4, -0.2) is 40.9 Å². The summed E-state index contributed by atoms with van der Waals surface area (Å²) in [6.45, 7) is 5.36. The largest absolute Gasteiger partial charge is 0.324 e. The van der Waals surface area contributed by atoms with Crippen LogP contribution in [0.3, 0.4) is 0 Å². The van der Waals surface area contributed by atoms with Gasteiger partial charge in [0.2, 0.25) is 5.91 Å². The zero-order valence-corrected chi connectivity index (χ0v) is 17.9. The molecular weight excluding hydrogens is 389 g/mol. The first-order valence-electron chi connectivity index (χ1n) is 9.07. The third-order valence-corrected chi connectivity index (χ3v) is 6.33. The van der Waals surface area contributed by atoms with Crippen molar-refractivity contribution < 1.29 is 4.79 Å². The van der Waals surface area contributed by atoms with Gasteiger partial charge in [0, 0.05) is 36.8 Å². The Morgan fingerprint density at radius 1 is 1.19 bits per heavy atom. The summed E-state index contributed by atoms with van der Waals surface area (Å²) < 4.78 is 0. The van der Waals surface area contributed by atoms with Gasteiger partial charge in [-0.15, -0.1) is 24.8 Å². The maximum absolute atomic E-state index is 12.7. The molecule has 2 aliphatic rings. The standard InChI is InChI=1S/C19H29N3OS.2ClH/c1-15-16(14-22-10-12-24-13-11-22)6-5-7-17(15)21-18(23)19(20)8-3-2-4-9-19;;/h5-7H,2-4,8-14,20H2,1H3,(H,21,23);2*1H. The molecule has 26 heavy (non-hydrogen) atoms. The second-order valence-electron chi connectivity index (χ2n) is 7.15. The van der Waals surface area contributed by atoms with Crippen molar-refractivity contribution in [2.75, 3.05) is 29.9 Å². The molecule has 4 nitrogen and oxygen atoms in total. The van der Waals surface area contributed by atoms with Gasteiger partial charge in [0.1, 0.15) is 0 Å². The van der Waals surface area contributed by atoms with Crippen LogP contribution in [0.4, 0.5) is 5.69 Å². The highest BCUT2D eigenvalue weighted by atomic mass is 35.5. The highest BCUT2D eigenvalue weighted by Gasteiger charge is 2.35. The number of amides is 1. The van der Waals surface area contributed by atoms with Gasteiger partial charge in [0.25, 0.3) is 0 Å². The summed E-state index contributed by atoms with van der Waals surface area (Å²) in [4.78, 5) is 15.2. The lowest BCUT2D eigenvalue weighted by atomic mass is 9.82. The fraction of sp³-hybridized carbons (Fsp3) is 0.632. The predicted octanol–water partition coefficient (Wildman–Crippen LogP) is 3.99. The lowest BCUT2D eigenvalue weighted by molar-refractivity contribution is -0.122. The molecule has 1 aromatic carbocycles. The summed E-state index contributed by atoms with van der Waals surface area (Å²) in [6.07, 6.45) is 4.88. The quantitative estimate of drug-likeness (QED) is 0.774. The van der Waals surface area contributed by atoms with E-state index in [0.717, 1.165) is 51.0 Å². The smallest absolute Gasteiger partial charge is 0.244 e. The molecule has 1 aliphatic heterocycles. The third kappa shape index (κ3) is 5.77. The molecule has 1 amide bonds. The molecule has 0 bridgehead atoms. The van der Waals surface area contributed by atoms with Gasteiger partial charge >= 0.3 is 0 Å². The van der Waals surface area contributed by atoms with E-state index in [2.05, 4.69) is 23.2 Å². The average Bonchev–Trinajstić information content (AvgIpc) is 2.60. The summed E-state index contributed by atoms with van der Waals surface area (Å²) in [6, 6.07) is 6.21. The lowest BCUT2D eigenvalue weighted by Crippen LogP contribution is -2.52. The average molecular weight is 420 g/mol. The second-order valence-corrected chi connectivity index (χ2v) is 8.37. The van der Waals surface area contributed by atoms with Crippen LogP contribution in [0.15, 0.2) is 18.2 Å². The van der Waals surface area contributed by atoms with Gasteiger partial charge in [0.15, 0.2) is 0 Å². The maximum Gasteiger partial charge on any atom is 0.244 e. The molecule has 2 fully saturated rings. The van der Waals surface area contributed by atoms with Crippen LogP contribution >= 0.6 is 36.6 Å². The lowest BCUT2D eigenvalue weighted by Gasteiger charge is -2.32. The van der Waals surface area contributed by atoms with Crippen LogP contribution in [0.2, 0.25) is 0 Å². The van der Waals surface area contributed by atoms with E-state index in [1.54, 1.807) is 0 Å². The molecule has 1 saturated carbocycles. The topological polar surface area (TPSA) is 58.4 Å². The van der Waals surface area contributed by atoms with E-state index >= 15 is 0 Å². The molecule has 1 aromatic rings. The van der Waals surface area contributed by atoms with Crippen molar-refractivity contribution in [2.24, 2.45) is 5.73 Å². The van der Waals surface area contributed by atoms with Crippen molar-refractivity contribution in [2.45, 2.75) is 51.1 Å². The maximum atomic E-state index is 12.7. The van der Waals surface area contributed by atoms with Crippen molar-refractivity contribution in [1.82, 2.24) is 4.90 Å². The molecule has 1 saturated heterocycles. The molecule has 0 unspecified atom stereocenters. The molecule has 148 valence electrons. The highest BCUT2D eigenvalue weighted by molar-refractivity contribution is 7.99. The minimum absolute atomic E-state index is 0. The first-order chi connectivity index (χ1) is 11.6. The van der Waals surface area contributed by atoms with Crippen LogP contribution in [0, 0.1) is 6.92 Å². The number of carbonyl (C=O) groups excluding carboxylic acids is 1. The normalized spacial score (nSPS) is 19.8. The molecule has 3 rings (SSSR count). The first kappa shape index (κ1) is 23.6. The Morgan fingerprint density at radius 3 is 2.50 bits per heavy atom. The van der Waals surface area contributed by atoms with Crippen LogP contribution in [0.5, 0.6) is 0 Å². The van der Waals surface area contributed by atoms with E-state index in [0.29, 0.717) is 0 Å². The van der Waals surface area contributed by atoms with E-state index in [-0.39, 0.29) is 30.7 Å². The Morgan fingerprint density at radius 2 is 1.85 bits per heavy atom. The Labute approximate surface area is 173 Å². The third-order valence-electron chi connectivity index (χ3n) is 5.39. The highest BCUT2D eigenvalue weighted by Crippen LogP contribution is 2.28. The molecule has 0 aromatic heterocycles. The predicted molar refractivity (Wildman–Crippen MR) is 117 cm³/mol. The Hall–Kier alpha value is -0.460. The Bertz CT molecular complexity index is 588. The van der Waals surface area contributed by atoms with Crippen LogP contribution in [0.1, 0.15) is 43.2 Å². The van der Waals surface area contributed by atoms with Gasteiger partial charge in [-0.1, -0.05) is 31.4 Å². The van der Waals surface area contributed by atoms with Gasteiger partial charge in [-0.3, -0.25) is 9.69 Å². The van der Waals surface area contributed by atoms with Crippen molar-refractivity contribution in [1.29, 1.82) is 0 Å². The molecule has 0 radical (unpaired) electrons. The Kier molecular flexibility index (Phi) is 9.76. The minimum Gasteiger partial charge on any atom is -0.324 e. The Balaban J connectivity index is 0.00000169. The summed E-state index contributed by atoms with van der Waals surface area (Å²) >= 11 is 2.03. The number of nitrogens with zero attached hydrogens (tertiary/aromatic N) is 1. The summed E-state index contributed by atoms with van der Waals surface area (Å²) in [5.41, 5.74) is 9.06. The first-order valence-corrected chi connectivity index (χ1v) is 10.2. The number of carbonyl (C=O) groups is 1. The second kappa shape index (κ2) is 10.8. The van der Waals surface area contributed by atoms with Crippen molar-refractivity contribution in [3.05, 3.63) is 29.3 Å². The number of rotatable bonds is 4. The van der Waals surface area contributed by atoms with Gasteiger partial charge in [-0.05, 0) is 37.0 Å². The van der Waals surface area contributed by atoms with E-state index in [9.17, 15) is 4.79 Å². The van der Waals surface area contributed by atoms with Crippen LogP contribution < -0.4 is 11.1 Å². The molecule has 0 spiro atoms. The fourth-order valence-electron chi connectivity index (χ4n) is 3.65. The zero-order chi connectivity index (χ0) is 17.0. The number of hydrogen-bond donors (Lipinski definition) is 2. The number of benzene rings is 1. The van der Waals surface area contributed by atoms with Crippen molar-refractivity contribution in [3.63, 3.8) is 0 Å².